The number of rotatable bonds is 3. The van der Waals surface area contributed by atoms with Crippen molar-refractivity contribution in [2.24, 2.45) is 4.99 Å². The Morgan fingerprint density at radius 3 is 2.65 bits per heavy atom. The molecule has 3 aromatic carbocycles. The maximum absolute atomic E-state index is 13.3. The smallest absolute Gasteiger partial charge is 0.269 e. The van der Waals surface area contributed by atoms with Crippen LogP contribution in [-0.4, -0.2) is 34.7 Å². The minimum Gasteiger partial charge on any atom is -0.506 e. The van der Waals surface area contributed by atoms with E-state index in [-0.39, 0.29) is 11.7 Å². The van der Waals surface area contributed by atoms with Crippen molar-refractivity contribution in [3.63, 3.8) is 0 Å². The predicted molar refractivity (Wildman–Crippen MR) is 130 cm³/mol. The number of aromatic hydroxyl groups is 1. The Morgan fingerprint density at radius 1 is 1.06 bits per heavy atom. The molecule has 7 heteroatoms. The summed E-state index contributed by atoms with van der Waals surface area (Å²) < 4.78 is 0. The van der Waals surface area contributed by atoms with Gasteiger partial charge in [-0.1, -0.05) is 60.3 Å². The van der Waals surface area contributed by atoms with E-state index in [1.54, 1.807) is 28.8 Å². The fourth-order valence-electron chi connectivity index (χ4n) is 3.67. The van der Waals surface area contributed by atoms with Crippen molar-refractivity contribution in [3.05, 3.63) is 83.3 Å². The Bertz CT molecular complexity index is 1300. The number of phenols is 1. The van der Waals surface area contributed by atoms with Gasteiger partial charge >= 0.3 is 0 Å². The SMILES string of the molecule is C=CCN1C(=O)/C(=C2/Sc3ccccc3N2C)SC1=Nc1c(O)ccc2ccccc12. The first-order valence-electron chi connectivity index (χ1n) is 9.73. The molecule has 3 aromatic rings. The molecule has 5 nitrogen and oxygen atoms in total. The number of phenolic OH excluding ortho intramolecular Hbond substituents is 1. The Balaban J connectivity index is 1.62. The Morgan fingerprint density at radius 2 is 1.84 bits per heavy atom. The number of thioether (sulfide) groups is 2. The molecule has 1 fully saturated rings. The third-order valence-electron chi connectivity index (χ3n) is 5.19. The van der Waals surface area contributed by atoms with Crippen molar-refractivity contribution < 1.29 is 9.90 Å². The normalized spacial score (nSPS) is 19.5. The van der Waals surface area contributed by atoms with Gasteiger partial charge in [0, 0.05) is 23.9 Å². The number of fused-ring (bicyclic) bond motifs is 2. The van der Waals surface area contributed by atoms with Crippen LogP contribution in [0.3, 0.4) is 0 Å². The van der Waals surface area contributed by atoms with Gasteiger partial charge in [-0.05, 0) is 35.3 Å². The van der Waals surface area contributed by atoms with Gasteiger partial charge in [0.15, 0.2) is 5.17 Å². The van der Waals surface area contributed by atoms with Crippen molar-refractivity contribution in [3.8, 4) is 5.75 Å². The summed E-state index contributed by atoms with van der Waals surface area (Å²) in [4.78, 5) is 23.5. The average molecular weight is 446 g/mol. The van der Waals surface area contributed by atoms with Crippen LogP contribution in [-0.2, 0) is 4.79 Å². The molecule has 1 saturated heterocycles. The lowest BCUT2D eigenvalue weighted by Crippen LogP contribution is -2.29. The zero-order valence-corrected chi connectivity index (χ0v) is 18.4. The van der Waals surface area contributed by atoms with Crippen LogP contribution >= 0.6 is 23.5 Å². The van der Waals surface area contributed by atoms with Crippen molar-refractivity contribution in [2.45, 2.75) is 4.90 Å². The van der Waals surface area contributed by atoms with E-state index in [1.165, 1.54) is 11.8 Å². The molecule has 0 radical (unpaired) electrons. The van der Waals surface area contributed by atoms with Gasteiger partial charge < -0.3 is 10.0 Å². The minimum absolute atomic E-state index is 0.0821. The van der Waals surface area contributed by atoms with E-state index in [0.29, 0.717) is 22.3 Å². The first-order chi connectivity index (χ1) is 15.1. The summed E-state index contributed by atoms with van der Waals surface area (Å²) >= 11 is 2.92. The summed E-state index contributed by atoms with van der Waals surface area (Å²) in [6.07, 6.45) is 1.69. The van der Waals surface area contributed by atoms with Gasteiger partial charge in [0.2, 0.25) is 0 Å². The van der Waals surface area contributed by atoms with Crippen molar-refractivity contribution >= 4 is 56.7 Å². The quantitative estimate of drug-likeness (QED) is 0.414. The predicted octanol–water partition coefficient (Wildman–Crippen LogP) is 5.71. The number of aliphatic imine (C=N–C) groups is 1. The number of benzene rings is 3. The second kappa shape index (κ2) is 7.83. The number of para-hydroxylation sites is 1. The molecule has 5 rings (SSSR count). The number of hydrogen-bond donors (Lipinski definition) is 1. The largest absolute Gasteiger partial charge is 0.506 e. The molecule has 1 amide bonds. The highest BCUT2D eigenvalue weighted by atomic mass is 32.2. The minimum atomic E-state index is -0.106. The molecule has 0 bridgehead atoms. The first-order valence-corrected chi connectivity index (χ1v) is 11.4. The Hall–Kier alpha value is -3.16. The monoisotopic (exact) mass is 445 g/mol. The number of hydrogen-bond acceptors (Lipinski definition) is 6. The third kappa shape index (κ3) is 3.30. The van der Waals surface area contributed by atoms with E-state index < -0.39 is 0 Å². The standard InChI is InChI=1S/C24H19N3O2S2/c1-3-14-27-22(29)21(23-26(2)17-10-6-7-11-19(17)30-23)31-24(27)25-20-16-9-5-4-8-15(16)12-13-18(20)28/h3-13,28H,1,14H2,2H3/b23-21-,25-24?. The van der Waals surface area contributed by atoms with Crippen molar-refractivity contribution in [1.29, 1.82) is 0 Å². The molecular formula is C24H19N3O2S2. The van der Waals surface area contributed by atoms with E-state index >= 15 is 0 Å². The van der Waals surface area contributed by atoms with E-state index in [2.05, 4.69) is 12.6 Å². The Labute approximate surface area is 188 Å². The molecule has 0 saturated carbocycles. The number of amides is 1. The lowest BCUT2D eigenvalue weighted by Gasteiger charge is -2.15. The van der Waals surface area contributed by atoms with Gasteiger partial charge in [0.05, 0.1) is 10.7 Å². The van der Waals surface area contributed by atoms with Crippen molar-refractivity contribution in [1.82, 2.24) is 4.90 Å². The summed E-state index contributed by atoms with van der Waals surface area (Å²) in [6.45, 7) is 4.14. The highest BCUT2D eigenvalue weighted by molar-refractivity contribution is 8.19. The maximum atomic E-state index is 13.3. The van der Waals surface area contributed by atoms with Gasteiger partial charge in [0.1, 0.15) is 16.3 Å². The summed E-state index contributed by atoms with van der Waals surface area (Å²) in [7, 11) is 1.97. The highest BCUT2D eigenvalue weighted by Gasteiger charge is 2.38. The lowest BCUT2D eigenvalue weighted by molar-refractivity contribution is -0.121. The lowest BCUT2D eigenvalue weighted by atomic mass is 10.1. The zero-order chi connectivity index (χ0) is 21.5. The molecule has 0 unspecified atom stereocenters. The van der Waals surface area contributed by atoms with E-state index in [1.807, 2.05) is 60.5 Å². The Kier molecular flexibility index (Phi) is 5.00. The van der Waals surface area contributed by atoms with Gasteiger partial charge in [-0.2, -0.15) is 0 Å². The second-order valence-electron chi connectivity index (χ2n) is 7.12. The van der Waals surface area contributed by atoms with Crippen molar-refractivity contribution in [2.75, 3.05) is 18.5 Å². The molecule has 0 atom stereocenters. The molecule has 1 N–H and O–H groups in total. The molecule has 0 spiro atoms. The van der Waals surface area contributed by atoms with E-state index in [9.17, 15) is 9.90 Å². The van der Waals surface area contributed by atoms with E-state index in [0.717, 1.165) is 26.4 Å². The number of anilines is 1. The molecule has 31 heavy (non-hydrogen) atoms. The van der Waals surface area contributed by atoms with Crippen LogP contribution in [0.2, 0.25) is 0 Å². The fraction of sp³-hybridized carbons (Fsp3) is 0.0833. The number of nitrogens with zero attached hydrogens (tertiary/aromatic N) is 3. The summed E-state index contributed by atoms with van der Waals surface area (Å²) in [5, 5.41) is 13.8. The summed E-state index contributed by atoms with van der Waals surface area (Å²) in [6, 6.07) is 19.3. The number of amidine groups is 1. The van der Waals surface area contributed by atoms with Crippen LogP contribution in [0.1, 0.15) is 0 Å². The molecule has 2 heterocycles. The molecule has 154 valence electrons. The van der Waals surface area contributed by atoms with Crippen LogP contribution in [0.15, 0.2) is 93.1 Å². The van der Waals surface area contributed by atoms with Crippen LogP contribution in [0.5, 0.6) is 5.75 Å². The molecular weight excluding hydrogens is 426 g/mol. The van der Waals surface area contributed by atoms with Crippen LogP contribution in [0.25, 0.3) is 10.8 Å². The third-order valence-corrected chi connectivity index (χ3v) is 7.63. The molecule has 0 aromatic heterocycles. The molecule has 2 aliphatic rings. The zero-order valence-electron chi connectivity index (χ0n) is 16.8. The van der Waals surface area contributed by atoms with Crippen LogP contribution in [0, 0.1) is 0 Å². The second-order valence-corrected chi connectivity index (χ2v) is 9.13. The molecule has 0 aliphatic carbocycles. The summed E-state index contributed by atoms with van der Waals surface area (Å²) in [5.41, 5.74) is 1.54. The number of carbonyl (C=O) groups is 1. The maximum Gasteiger partial charge on any atom is 0.269 e. The highest BCUT2D eigenvalue weighted by Crippen LogP contribution is 2.50. The fourth-order valence-corrected chi connectivity index (χ4v) is 6.00. The van der Waals surface area contributed by atoms with Gasteiger partial charge in [-0.3, -0.25) is 9.69 Å². The van der Waals surface area contributed by atoms with Gasteiger partial charge in [-0.25, -0.2) is 4.99 Å². The van der Waals surface area contributed by atoms with Crippen LogP contribution in [0.4, 0.5) is 11.4 Å². The topological polar surface area (TPSA) is 56.1 Å². The van der Waals surface area contributed by atoms with E-state index in [4.69, 9.17) is 4.99 Å². The first kappa shape index (κ1) is 19.8. The number of carbonyl (C=O) groups excluding carboxylic acids is 1. The van der Waals surface area contributed by atoms with Gasteiger partial charge in [0.25, 0.3) is 5.91 Å². The molecule has 2 aliphatic heterocycles. The van der Waals surface area contributed by atoms with Crippen LogP contribution < -0.4 is 4.90 Å². The van der Waals surface area contributed by atoms with Gasteiger partial charge in [-0.15, -0.1) is 6.58 Å². The summed E-state index contributed by atoms with van der Waals surface area (Å²) in [5.74, 6) is -0.0239. The average Bonchev–Trinajstić information content (AvgIpc) is 3.28.